The molecule has 1 saturated heterocycles. The molecule has 4 rings (SSSR count). The molecule has 24 heavy (non-hydrogen) atoms. The fourth-order valence-electron chi connectivity index (χ4n) is 3.32. The van der Waals surface area contributed by atoms with Gasteiger partial charge in [-0.1, -0.05) is 0 Å². The second-order valence-corrected chi connectivity index (χ2v) is 6.16. The lowest BCUT2D eigenvalue weighted by Gasteiger charge is -2.35. The van der Waals surface area contributed by atoms with E-state index in [9.17, 15) is 9.90 Å². The first-order valence-corrected chi connectivity index (χ1v) is 8.14. The molecule has 0 aromatic heterocycles. The van der Waals surface area contributed by atoms with Crippen LogP contribution in [0.2, 0.25) is 0 Å². The van der Waals surface area contributed by atoms with Crippen molar-refractivity contribution in [2.75, 3.05) is 19.6 Å². The highest BCUT2D eigenvalue weighted by atomic mass is 16.3. The van der Waals surface area contributed by atoms with Crippen molar-refractivity contribution in [1.29, 1.82) is 0 Å². The number of aliphatic imine (C=N–C) groups is 1. The molecule has 5 N–H and O–H groups in total. The first-order valence-electron chi connectivity index (χ1n) is 8.14. The normalized spacial score (nSPS) is 29.5. The minimum atomic E-state index is -0.320. The zero-order chi connectivity index (χ0) is 16.5. The van der Waals surface area contributed by atoms with Gasteiger partial charge >= 0.3 is 0 Å². The third-order valence-corrected chi connectivity index (χ3v) is 4.51. The van der Waals surface area contributed by atoms with Crippen molar-refractivity contribution in [3.8, 4) is 0 Å². The third kappa shape index (κ3) is 2.82. The molecule has 0 saturated carbocycles. The van der Waals surface area contributed by atoms with E-state index in [2.05, 4.69) is 31.5 Å². The van der Waals surface area contributed by atoms with Crippen molar-refractivity contribution < 1.29 is 9.90 Å². The van der Waals surface area contributed by atoms with Gasteiger partial charge in [0.25, 0.3) is 5.91 Å². The molecule has 128 valence electrons. The van der Waals surface area contributed by atoms with Gasteiger partial charge in [0.1, 0.15) is 6.17 Å². The lowest BCUT2D eigenvalue weighted by Crippen LogP contribution is -2.53. The maximum Gasteiger partial charge on any atom is 0.256 e. The molecule has 2 unspecified atom stereocenters. The molecule has 4 heterocycles. The molecule has 4 aliphatic heterocycles. The van der Waals surface area contributed by atoms with Crippen LogP contribution in [0, 0.1) is 0 Å². The number of nitrogens with one attached hydrogen (secondary N) is 4. The lowest BCUT2D eigenvalue weighted by molar-refractivity contribution is -0.117. The molecule has 0 aromatic rings. The minimum Gasteiger partial charge on any atom is -0.392 e. The predicted octanol–water partition coefficient (Wildman–Crippen LogP) is -1.54. The van der Waals surface area contributed by atoms with Crippen LogP contribution in [0.25, 0.3) is 0 Å². The van der Waals surface area contributed by atoms with Gasteiger partial charge in [-0.2, -0.15) is 0 Å². The summed E-state index contributed by atoms with van der Waals surface area (Å²) in [6.45, 7) is 1.90. The van der Waals surface area contributed by atoms with Crippen LogP contribution in [0.5, 0.6) is 0 Å². The molecule has 0 spiro atoms. The predicted molar refractivity (Wildman–Crippen MR) is 87.6 cm³/mol. The summed E-state index contributed by atoms with van der Waals surface area (Å²) >= 11 is 0. The summed E-state index contributed by atoms with van der Waals surface area (Å²) in [5.41, 5.74) is 10.5. The Morgan fingerprint density at radius 2 is 2.38 bits per heavy atom. The Hall–Kier alpha value is -2.20. The Bertz CT molecular complexity index is 654. The third-order valence-electron chi connectivity index (χ3n) is 4.51. The zero-order valence-electron chi connectivity index (χ0n) is 13.2. The van der Waals surface area contributed by atoms with Crippen molar-refractivity contribution >= 4 is 12.1 Å². The molecular formula is C15H21N7O2. The standard InChI is InChI=1S/C15H21N7O2/c23-10-3-1-5-21(9-10)14-12(8-17-20-14)19-15(24)11-7-18-22-6-2-4-16-13(11)22/h2,4,6,8,10,14,17-18,20,23H,1,3,5,7,9H2,(H,19,24). The molecule has 0 aliphatic carbocycles. The van der Waals surface area contributed by atoms with Crippen molar-refractivity contribution in [1.82, 2.24) is 31.5 Å². The average Bonchev–Trinajstić information content (AvgIpc) is 3.21. The zero-order valence-corrected chi connectivity index (χ0v) is 13.2. The maximum absolute atomic E-state index is 12.7. The highest BCUT2D eigenvalue weighted by Crippen LogP contribution is 2.21. The van der Waals surface area contributed by atoms with Gasteiger partial charge in [-0.05, 0) is 18.9 Å². The highest BCUT2D eigenvalue weighted by Gasteiger charge is 2.33. The van der Waals surface area contributed by atoms with Crippen LogP contribution in [0.1, 0.15) is 12.8 Å². The SMILES string of the molecule is O=C(NC1=CNNC1N1CCCC(O)C1)C1=C2N=CC=CN2NC1. The summed E-state index contributed by atoms with van der Waals surface area (Å²) < 4.78 is 0. The largest absolute Gasteiger partial charge is 0.392 e. The van der Waals surface area contributed by atoms with E-state index in [4.69, 9.17) is 0 Å². The topological polar surface area (TPSA) is 104 Å². The number of hydrogen-bond acceptors (Lipinski definition) is 8. The van der Waals surface area contributed by atoms with Gasteiger partial charge in [-0.25, -0.2) is 15.8 Å². The number of fused-ring (bicyclic) bond motifs is 1. The molecule has 0 aromatic carbocycles. The van der Waals surface area contributed by atoms with E-state index in [0.29, 0.717) is 24.5 Å². The van der Waals surface area contributed by atoms with Crippen LogP contribution in [0.15, 0.2) is 40.6 Å². The number of hydrazine groups is 2. The van der Waals surface area contributed by atoms with Crippen LogP contribution in [-0.4, -0.2) is 59.0 Å². The average molecular weight is 331 g/mol. The molecule has 0 bridgehead atoms. The summed E-state index contributed by atoms with van der Waals surface area (Å²) in [7, 11) is 0. The van der Waals surface area contributed by atoms with Crippen LogP contribution >= 0.6 is 0 Å². The first-order chi connectivity index (χ1) is 11.7. The highest BCUT2D eigenvalue weighted by molar-refractivity contribution is 5.96. The molecule has 1 fully saturated rings. The second kappa shape index (κ2) is 6.36. The Morgan fingerprint density at radius 1 is 1.46 bits per heavy atom. The van der Waals surface area contributed by atoms with Crippen molar-refractivity contribution in [3.63, 3.8) is 0 Å². The van der Waals surface area contributed by atoms with Gasteiger partial charge < -0.3 is 15.8 Å². The Balaban J connectivity index is 1.45. The Labute approximate surface area is 139 Å². The fraction of sp³-hybridized carbons (Fsp3) is 0.467. The Morgan fingerprint density at radius 3 is 3.25 bits per heavy atom. The monoisotopic (exact) mass is 331 g/mol. The van der Waals surface area contributed by atoms with E-state index in [0.717, 1.165) is 25.1 Å². The number of nitrogens with zero attached hydrogens (tertiary/aromatic N) is 3. The van der Waals surface area contributed by atoms with Gasteiger partial charge in [0, 0.05) is 38.2 Å². The number of amides is 1. The summed E-state index contributed by atoms with van der Waals surface area (Å²) in [5, 5.41) is 14.6. The molecule has 9 nitrogen and oxygen atoms in total. The number of allylic oxidation sites excluding steroid dienone is 1. The van der Waals surface area contributed by atoms with Crippen LogP contribution < -0.4 is 21.6 Å². The van der Waals surface area contributed by atoms with Gasteiger partial charge in [-0.15, -0.1) is 0 Å². The van der Waals surface area contributed by atoms with Crippen molar-refractivity contribution in [2.24, 2.45) is 4.99 Å². The molecule has 4 aliphatic rings. The van der Waals surface area contributed by atoms with Gasteiger partial charge in [0.2, 0.25) is 0 Å². The number of piperidine rings is 1. The molecule has 9 heteroatoms. The molecule has 2 atom stereocenters. The quantitative estimate of drug-likeness (QED) is 0.427. The van der Waals surface area contributed by atoms with Crippen molar-refractivity contribution in [2.45, 2.75) is 25.1 Å². The second-order valence-electron chi connectivity index (χ2n) is 6.16. The smallest absolute Gasteiger partial charge is 0.256 e. The van der Waals surface area contributed by atoms with Crippen LogP contribution in [0.4, 0.5) is 0 Å². The fourth-order valence-corrected chi connectivity index (χ4v) is 3.32. The van der Waals surface area contributed by atoms with E-state index in [1.165, 1.54) is 0 Å². The number of likely N-dealkylation sites (tertiary alicyclic amines) is 1. The number of aliphatic hydroxyl groups is 1. The number of carbonyl (C=O) groups excluding carboxylic acids is 1. The molecule has 0 radical (unpaired) electrons. The number of β-amino-alcohol motifs (C(OH)–C–C–N with tert-alkyl or cyclic N) is 1. The Kier molecular flexibility index (Phi) is 4.07. The van der Waals surface area contributed by atoms with Crippen molar-refractivity contribution in [3.05, 3.63) is 35.6 Å². The van der Waals surface area contributed by atoms with Gasteiger partial charge in [-0.3, -0.25) is 14.7 Å². The van der Waals surface area contributed by atoms with Crippen LogP contribution in [-0.2, 0) is 4.79 Å². The lowest BCUT2D eigenvalue weighted by atomic mass is 10.1. The van der Waals surface area contributed by atoms with E-state index in [1.807, 2.05) is 12.3 Å². The first kappa shape index (κ1) is 15.3. The van der Waals surface area contributed by atoms with E-state index >= 15 is 0 Å². The van der Waals surface area contributed by atoms with E-state index < -0.39 is 0 Å². The summed E-state index contributed by atoms with van der Waals surface area (Å²) in [5.74, 6) is 0.450. The number of carbonyl (C=O) groups is 1. The summed E-state index contributed by atoms with van der Waals surface area (Å²) in [6.07, 6.45) is 8.34. The minimum absolute atomic E-state index is 0.158. The van der Waals surface area contributed by atoms with Gasteiger partial charge in [0.05, 0.1) is 17.4 Å². The molecule has 1 amide bonds. The van der Waals surface area contributed by atoms with E-state index in [-0.39, 0.29) is 18.2 Å². The number of rotatable bonds is 3. The van der Waals surface area contributed by atoms with E-state index in [1.54, 1.807) is 17.4 Å². The molecular weight excluding hydrogens is 310 g/mol. The summed E-state index contributed by atoms with van der Waals surface area (Å²) in [6, 6.07) is 0. The van der Waals surface area contributed by atoms with Gasteiger partial charge in [0.15, 0.2) is 5.82 Å². The number of aliphatic hydroxyl groups excluding tert-OH is 1. The summed E-state index contributed by atoms with van der Waals surface area (Å²) in [4.78, 5) is 19.0. The maximum atomic E-state index is 12.7. The number of hydrogen-bond donors (Lipinski definition) is 5. The van der Waals surface area contributed by atoms with Crippen LogP contribution in [0.3, 0.4) is 0 Å².